The van der Waals surface area contributed by atoms with Crippen molar-refractivity contribution in [3.05, 3.63) is 36.5 Å². The molecule has 6 nitrogen and oxygen atoms in total. The van der Waals surface area contributed by atoms with E-state index < -0.39 is 10.4 Å². The number of hydrogen-bond acceptors (Lipinski definition) is 4. The fraction of sp³-hybridized carbons (Fsp3) is 0. The minimum Gasteiger partial charge on any atom is -0.508 e. The second-order valence-corrected chi connectivity index (χ2v) is 3.72. The van der Waals surface area contributed by atoms with Gasteiger partial charge in [-0.2, -0.15) is 8.42 Å². The molecule has 3 N–H and O–H groups in total. The van der Waals surface area contributed by atoms with Crippen LogP contribution in [0, 0.1) is 0 Å². The van der Waals surface area contributed by atoms with Gasteiger partial charge in [0, 0.05) is 11.6 Å². The van der Waals surface area contributed by atoms with Crippen molar-refractivity contribution in [2.75, 3.05) is 0 Å². The molecular weight excluding hydrogens is 234 g/mol. The molecule has 0 aliphatic heterocycles. The summed E-state index contributed by atoms with van der Waals surface area (Å²) in [6, 6.07) is 8.90. The third-order valence-electron chi connectivity index (χ3n) is 1.59. The van der Waals surface area contributed by atoms with E-state index in [9.17, 15) is 0 Å². The smallest absolute Gasteiger partial charge is 0.394 e. The first-order valence-corrected chi connectivity index (χ1v) is 5.49. The van der Waals surface area contributed by atoms with E-state index in [4.69, 9.17) is 22.6 Å². The first kappa shape index (κ1) is 12.4. The number of fused-ring (bicyclic) bond motifs is 1. The quantitative estimate of drug-likeness (QED) is 0.602. The van der Waals surface area contributed by atoms with Crippen molar-refractivity contribution in [1.29, 1.82) is 0 Å². The molecule has 0 aliphatic rings. The second-order valence-electron chi connectivity index (χ2n) is 2.83. The van der Waals surface area contributed by atoms with E-state index in [1.807, 2.05) is 12.1 Å². The Labute approximate surface area is 91.8 Å². The molecule has 86 valence electrons. The topological polar surface area (TPSA) is 108 Å². The molecule has 0 amide bonds. The van der Waals surface area contributed by atoms with Crippen molar-refractivity contribution in [1.82, 2.24) is 4.98 Å². The van der Waals surface area contributed by atoms with E-state index in [2.05, 4.69) is 4.98 Å². The van der Waals surface area contributed by atoms with Crippen LogP contribution in [0.15, 0.2) is 36.5 Å². The molecule has 0 aliphatic carbocycles. The van der Waals surface area contributed by atoms with Gasteiger partial charge in [0.2, 0.25) is 0 Å². The monoisotopic (exact) mass is 243 g/mol. The summed E-state index contributed by atoms with van der Waals surface area (Å²) in [5.74, 6) is 0.283. The normalized spacial score (nSPS) is 10.6. The number of rotatable bonds is 0. The lowest BCUT2D eigenvalue weighted by Gasteiger charge is -1.95. The van der Waals surface area contributed by atoms with Crippen LogP contribution in [0.2, 0.25) is 0 Å². The zero-order chi connectivity index (χ0) is 12.2. The molecule has 2 aromatic rings. The van der Waals surface area contributed by atoms with E-state index in [-0.39, 0.29) is 5.75 Å². The highest BCUT2D eigenvalue weighted by Gasteiger charge is 1.92. The van der Waals surface area contributed by atoms with Crippen molar-refractivity contribution < 1.29 is 22.6 Å². The summed E-state index contributed by atoms with van der Waals surface area (Å²) in [6.07, 6.45) is 1.74. The molecule has 1 heterocycles. The highest BCUT2D eigenvalue weighted by atomic mass is 32.3. The van der Waals surface area contributed by atoms with Gasteiger partial charge in [-0.3, -0.25) is 14.1 Å². The van der Waals surface area contributed by atoms with E-state index in [0.29, 0.717) is 0 Å². The molecule has 1 aromatic carbocycles. The first-order valence-electron chi connectivity index (χ1n) is 4.10. The predicted octanol–water partition coefficient (Wildman–Crippen LogP) is 1.29. The SMILES string of the molecule is O=S(=O)(O)O.Oc1ccc2ncccc2c1. The summed E-state index contributed by atoms with van der Waals surface area (Å²) in [7, 11) is -4.67. The zero-order valence-electron chi connectivity index (χ0n) is 7.98. The number of benzene rings is 1. The van der Waals surface area contributed by atoms with Gasteiger partial charge >= 0.3 is 10.4 Å². The molecule has 0 atom stereocenters. The molecule has 0 fully saturated rings. The average Bonchev–Trinajstić information content (AvgIpc) is 2.15. The number of hydrogen-bond donors (Lipinski definition) is 3. The predicted molar refractivity (Wildman–Crippen MR) is 57.6 cm³/mol. The number of pyridine rings is 1. The van der Waals surface area contributed by atoms with Gasteiger partial charge in [0.25, 0.3) is 0 Å². The molecule has 0 saturated heterocycles. The van der Waals surface area contributed by atoms with Crippen molar-refractivity contribution in [2.24, 2.45) is 0 Å². The lowest BCUT2D eigenvalue weighted by Crippen LogP contribution is -1.89. The average molecular weight is 243 g/mol. The maximum absolute atomic E-state index is 9.10. The molecule has 16 heavy (non-hydrogen) atoms. The van der Waals surface area contributed by atoms with Gasteiger partial charge in [-0.25, -0.2) is 0 Å². The maximum Gasteiger partial charge on any atom is 0.394 e. The van der Waals surface area contributed by atoms with Crippen LogP contribution in [0.4, 0.5) is 0 Å². The highest BCUT2D eigenvalue weighted by Crippen LogP contribution is 2.16. The van der Waals surface area contributed by atoms with Gasteiger partial charge in [0.15, 0.2) is 0 Å². The summed E-state index contributed by atoms with van der Waals surface area (Å²) in [4.78, 5) is 4.11. The van der Waals surface area contributed by atoms with E-state index in [1.165, 1.54) is 0 Å². The Morgan fingerprint density at radius 2 is 1.75 bits per heavy atom. The standard InChI is InChI=1S/C9H7NO.H2O4S/c11-8-3-4-9-7(6-8)2-1-5-10-9;1-5(2,3)4/h1-6,11H;(H2,1,2,3,4). The lowest BCUT2D eigenvalue weighted by molar-refractivity contribution is 0.381. The Balaban J connectivity index is 0.000000221. The molecule has 0 saturated carbocycles. The fourth-order valence-corrected chi connectivity index (χ4v) is 1.06. The van der Waals surface area contributed by atoms with Gasteiger partial charge in [-0.1, -0.05) is 6.07 Å². The number of nitrogens with zero attached hydrogens (tertiary/aromatic N) is 1. The maximum atomic E-state index is 9.10. The van der Waals surface area contributed by atoms with Crippen LogP contribution in [-0.4, -0.2) is 27.6 Å². The van der Waals surface area contributed by atoms with Crippen molar-refractivity contribution in [3.8, 4) is 5.75 Å². The second kappa shape index (κ2) is 4.88. The van der Waals surface area contributed by atoms with Crippen LogP contribution in [0.3, 0.4) is 0 Å². The Morgan fingerprint density at radius 1 is 1.12 bits per heavy atom. The molecule has 7 heteroatoms. The Bertz CT molecular complexity index is 573. The van der Waals surface area contributed by atoms with E-state index in [1.54, 1.807) is 24.4 Å². The number of aromatic hydroxyl groups is 1. The molecule has 0 unspecified atom stereocenters. The van der Waals surface area contributed by atoms with E-state index >= 15 is 0 Å². The van der Waals surface area contributed by atoms with Gasteiger partial charge in [-0.05, 0) is 24.3 Å². The summed E-state index contributed by atoms with van der Waals surface area (Å²) in [6.45, 7) is 0. The molecular formula is C9H9NO5S. The third-order valence-corrected chi connectivity index (χ3v) is 1.59. The molecule has 0 bridgehead atoms. The molecule has 0 radical (unpaired) electrons. The first-order chi connectivity index (χ1) is 7.36. The summed E-state index contributed by atoms with van der Waals surface area (Å²) in [5.41, 5.74) is 0.908. The van der Waals surface area contributed by atoms with E-state index in [0.717, 1.165) is 10.9 Å². The van der Waals surface area contributed by atoms with Crippen molar-refractivity contribution >= 4 is 21.3 Å². The van der Waals surface area contributed by atoms with Gasteiger partial charge in [0.1, 0.15) is 5.75 Å². The number of phenolic OH excluding ortho intramolecular Hbond substituents is 1. The summed E-state index contributed by atoms with van der Waals surface area (Å²) >= 11 is 0. The summed E-state index contributed by atoms with van der Waals surface area (Å²) in [5, 5.41) is 10.1. The van der Waals surface area contributed by atoms with Crippen molar-refractivity contribution in [2.45, 2.75) is 0 Å². The lowest BCUT2D eigenvalue weighted by atomic mass is 10.2. The largest absolute Gasteiger partial charge is 0.508 e. The Morgan fingerprint density at radius 3 is 2.38 bits per heavy atom. The minimum atomic E-state index is -4.67. The van der Waals surface area contributed by atoms with Crippen molar-refractivity contribution in [3.63, 3.8) is 0 Å². The highest BCUT2D eigenvalue weighted by molar-refractivity contribution is 7.79. The van der Waals surface area contributed by atoms with Crippen LogP contribution in [0.1, 0.15) is 0 Å². The van der Waals surface area contributed by atoms with Gasteiger partial charge in [-0.15, -0.1) is 0 Å². The van der Waals surface area contributed by atoms with Gasteiger partial charge < -0.3 is 5.11 Å². The van der Waals surface area contributed by atoms with Crippen LogP contribution in [0.5, 0.6) is 5.75 Å². The molecule has 2 rings (SSSR count). The van der Waals surface area contributed by atoms with Crippen LogP contribution >= 0.6 is 0 Å². The number of aromatic nitrogens is 1. The Hall–Kier alpha value is -1.70. The molecule has 0 spiro atoms. The summed E-state index contributed by atoms with van der Waals surface area (Å²) < 4.78 is 31.6. The van der Waals surface area contributed by atoms with Crippen LogP contribution in [-0.2, 0) is 10.4 Å². The van der Waals surface area contributed by atoms with Gasteiger partial charge in [0.05, 0.1) is 5.52 Å². The third kappa shape index (κ3) is 4.69. The van der Waals surface area contributed by atoms with Crippen LogP contribution < -0.4 is 0 Å². The molecule has 1 aromatic heterocycles. The minimum absolute atomic E-state index is 0.283. The Kier molecular flexibility index (Phi) is 3.78. The fourth-order valence-electron chi connectivity index (χ4n) is 1.06. The van der Waals surface area contributed by atoms with Crippen LogP contribution in [0.25, 0.3) is 10.9 Å². The number of phenols is 1. The zero-order valence-corrected chi connectivity index (χ0v) is 8.79.